The van der Waals surface area contributed by atoms with Crippen molar-refractivity contribution >= 4 is 62.6 Å². The van der Waals surface area contributed by atoms with Gasteiger partial charge in [-0.1, -0.05) is 59.1 Å². The summed E-state index contributed by atoms with van der Waals surface area (Å²) in [5.41, 5.74) is 2.29. The zero-order valence-corrected chi connectivity index (χ0v) is 16.4. The maximum Gasteiger partial charge on any atom is 0.345 e. The smallest absolute Gasteiger partial charge is 0.345 e. The van der Waals surface area contributed by atoms with Crippen molar-refractivity contribution in [1.82, 2.24) is 0 Å². The number of esters is 1. The molecule has 1 heterocycles. The van der Waals surface area contributed by atoms with E-state index in [1.807, 2.05) is 60.1 Å². The summed E-state index contributed by atoms with van der Waals surface area (Å²) in [4.78, 5) is 13.2. The number of hydrogen-bond donors (Lipinski definition) is 0. The van der Waals surface area contributed by atoms with Gasteiger partial charge in [-0.15, -0.1) is 0 Å². The molecule has 0 spiro atoms. The fraction of sp³-hybridized carbons (Fsp3) is 0.0476. The number of carbonyl (C=O) groups is 1. The number of ether oxygens (including phenoxy) is 1. The van der Waals surface area contributed by atoms with Crippen LogP contribution in [0, 0.1) is 0 Å². The first-order valence-corrected chi connectivity index (χ1v) is 9.27. The zero-order chi connectivity index (χ0) is 19.1. The van der Waals surface area contributed by atoms with Gasteiger partial charge in [-0.2, -0.15) is 4.57 Å². The largest absolute Gasteiger partial charge is 0.420 e. The first-order chi connectivity index (χ1) is 13.0. The van der Waals surface area contributed by atoms with E-state index in [2.05, 4.69) is 0 Å². The standard InChI is InChI=1S/C21H13Cl3NO2/c1-25-17-8-4-2-6-13(17)19(14-7-3-5-9-18(14)25)21(26)27-20-15(23)10-12(22)11-16(20)24/h2-11H,1H3/q+1. The second kappa shape index (κ2) is 7.01. The maximum absolute atomic E-state index is 13.2. The molecule has 0 atom stereocenters. The van der Waals surface area contributed by atoms with Crippen molar-refractivity contribution < 1.29 is 14.1 Å². The Kier molecular flexibility index (Phi) is 4.68. The van der Waals surface area contributed by atoms with Gasteiger partial charge in [0.05, 0.1) is 26.4 Å². The van der Waals surface area contributed by atoms with Crippen molar-refractivity contribution in [2.45, 2.75) is 0 Å². The van der Waals surface area contributed by atoms with Gasteiger partial charge in [-0.05, 0) is 24.3 Å². The highest BCUT2D eigenvalue weighted by Gasteiger charge is 2.24. The molecule has 27 heavy (non-hydrogen) atoms. The van der Waals surface area contributed by atoms with Gasteiger partial charge in [-0.3, -0.25) is 0 Å². The van der Waals surface area contributed by atoms with E-state index < -0.39 is 5.97 Å². The number of rotatable bonds is 2. The minimum Gasteiger partial charge on any atom is -0.420 e. The van der Waals surface area contributed by atoms with Crippen molar-refractivity contribution in [2.24, 2.45) is 7.05 Å². The fourth-order valence-electron chi connectivity index (χ4n) is 3.22. The lowest BCUT2D eigenvalue weighted by Gasteiger charge is -2.12. The van der Waals surface area contributed by atoms with Crippen molar-refractivity contribution in [2.75, 3.05) is 0 Å². The van der Waals surface area contributed by atoms with Crippen LogP contribution in [-0.4, -0.2) is 5.97 Å². The van der Waals surface area contributed by atoms with E-state index in [0.717, 1.165) is 21.8 Å². The van der Waals surface area contributed by atoms with Crippen molar-refractivity contribution in [3.05, 3.63) is 81.3 Å². The zero-order valence-electron chi connectivity index (χ0n) is 14.2. The molecule has 0 aliphatic heterocycles. The summed E-state index contributed by atoms with van der Waals surface area (Å²) in [7, 11) is 1.96. The lowest BCUT2D eigenvalue weighted by molar-refractivity contribution is -0.617. The van der Waals surface area contributed by atoms with Crippen molar-refractivity contribution in [1.29, 1.82) is 0 Å². The highest BCUT2D eigenvalue weighted by atomic mass is 35.5. The summed E-state index contributed by atoms with van der Waals surface area (Å²) in [5.74, 6) is -0.441. The van der Waals surface area contributed by atoms with E-state index in [-0.39, 0.29) is 15.8 Å². The topological polar surface area (TPSA) is 30.2 Å². The van der Waals surface area contributed by atoms with Gasteiger partial charge in [0.15, 0.2) is 5.75 Å². The SMILES string of the molecule is C[n+]1c2ccccc2c(C(=O)Oc2c(Cl)cc(Cl)cc2Cl)c2ccccc21. The predicted molar refractivity (Wildman–Crippen MR) is 109 cm³/mol. The van der Waals surface area contributed by atoms with E-state index in [4.69, 9.17) is 39.5 Å². The minimum atomic E-state index is -0.533. The number of aromatic nitrogens is 1. The predicted octanol–water partition coefficient (Wildman–Crippen LogP) is 6.00. The van der Waals surface area contributed by atoms with Gasteiger partial charge in [0.25, 0.3) is 0 Å². The molecule has 0 radical (unpaired) electrons. The number of nitrogens with zero attached hydrogens (tertiary/aromatic N) is 1. The Labute approximate surface area is 170 Å². The average Bonchev–Trinajstić information content (AvgIpc) is 2.65. The third-order valence-corrected chi connectivity index (χ3v) is 5.21. The Balaban J connectivity index is 1.95. The third kappa shape index (κ3) is 3.12. The number of carbonyl (C=O) groups excluding carboxylic acids is 1. The summed E-state index contributed by atoms with van der Waals surface area (Å²) in [6.07, 6.45) is 0. The van der Waals surface area contributed by atoms with E-state index in [1.165, 1.54) is 12.1 Å². The van der Waals surface area contributed by atoms with Gasteiger partial charge >= 0.3 is 5.97 Å². The Bertz CT molecular complexity index is 1140. The van der Waals surface area contributed by atoms with Crippen LogP contribution in [0.2, 0.25) is 15.1 Å². The van der Waals surface area contributed by atoms with Gasteiger partial charge in [0, 0.05) is 17.2 Å². The summed E-state index contributed by atoms with van der Waals surface area (Å²) in [5, 5.41) is 2.29. The molecule has 0 saturated heterocycles. The maximum atomic E-state index is 13.2. The highest BCUT2D eigenvalue weighted by molar-refractivity contribution is 6.40. The third-order valence-electron chi connectivity index (χ3n) is 4.43. The number of fused-ring (bicyclic) bond motifs is 2. The molecule has 6 heteroatoms. The highest BCUT2D eigenvalue weighted by Crippen LogP contribution is 2.37. The number of hydrogen-bond acceptors (Lipinski definition) is 2. The van der Waals surface area contributed by atoms with Gasteiger partial charge in [-0.25, -0.2) is 4.79 Å². The molecule has 0 aliphatic rings. The molecule has 4 rings (SSSR count). The summed E-state index contributed by atoms with van der Waals surface area (Å²) in [6.45, 7) is 0. The van der Waals surface area contributed by atoms with Crippen LogP contribution in [0.4, 0.5) is 0 Å². The van der Waals surface area contributed by atoms with Crippen molar-refractivity contribution in [3.63, 3.8) is 0 Å². The number of pyridine rings is 1. The van der Waals surface area contributed by atoms with Gasteiger partial charge in [0.2, 0.25) is 11.0 Å². The lowest BCUT2D eigenvalue weighted by Crippen LogP contribution is -2.31. The second-order valence-corrected chi connectivity index (χ2v) is 7.31. The minimum absolute atomic E-state index is 0.0918. The fourth-order valence-corrected chi connectivity index (χ4v) is 4.11. The average molecular weight is 418 g/mol. The second-order valence-electron chi connectivity index (χ2n) is 6.06. The van der Waals surface area contributed by atoms with Crippen LogP contribution in [0.1, 0.15) is 10.4 Å². The monoisotopic (exact) mass is 416 g/mol. The van der Waals surface area contributed by atoms with E-state index in [0.29, 0.717) is 10.6 Å². The molecule has 1 aromatic heterocycles. The van der Waals surface area contributed by atoms with Crippen LogP contribution in [0.15, 0.2) is 60.7 Å². The molecular formula is C21H13Cl3NO2+. The summed E-state index contributed by atoms with van der Waals surface area (Å²) < 4.78 is 7.65. The quantitative estimate of drug-likeness (QED) is 0.173. The van der Waals surface area contributed by atoms with Gasteiger partial charge < -0.3 is 4.74 Å². The molecule has 0 amide bonds. The summed E-state index contributed by atoms with van der Waals surface area (Å²) >= 11 is 18.3. The Morgan fingerprint density at radius 1 is 0.852 bits per heavy atom. The number of para-hydroxylation sites is 2. The van der Waals surface area contributed by atoms with Crippen LogP contribution < -0.4 is 9.30 Å². The molecule has 0 N–H and O–H groups in total. The molecule has 0 aliphatic carbocycles. The first kappa shape index (κ1) is 18.1. The van der Waals surface area contributed by atoms with Crippen molar-refractivity contribution in [3.8, 4) is 5.75 Å². The van der Waals surface area contributed by atoms with Crippen LogP contribution in [0.3, 0.4) is 0 Å². The van der Waals surface area contributed by atoms with Crippen LogP contribution in [-0.2, 0) is 7.05 Å². The molecule has 3 nitrogen and oxygen atoms in total. The molecule has 3 aromatic carbocycles. The molecule has 4 aromatic rings. The van der Waals surface area contributed by atoms with E-state index >= 15 is 0 Å². The molecule has 0 fully saturated rings. The van der Waals surface area contributed by atoms with E-state index in [9.17, 15) is 4.79 Å². The number of aryl methyl sites for hydroxylation is 1. The van der Waals surface area contributed by atoms with Crippen LogP contribution in [0.5, 0.6) is 5.75 Å². The molecule has 134 valence electrons. The Morgan fingerprint density at radius 3 is 1.85 bits per heavy atom. The summed E-state index contributed by atoms with van der Waals surface area (Å²) in [6, 6.07) is 18.3. The number of halogens is 3. The Hall–Kier alpha value is -2.33. The molecular weight excluding hydrogens is 405 g/mol. The number of benzene rings is 3. The first-order valence-electron chi connectivity index (χ1n) is 8.13. The molecule has 0 bridgehead atoms. The molecule has 0 unspecified atom stereocenters. The Morgan fingerprint density at radius 2 is 1.33 bits per heavy atom. The van der Waals surface area contributed by atoms with Gasteiger partial charge in [0.1, 0.15) is 7.05 Å². The van der Waals surface area contributed by atoms with Crippen LogP contribution >= 0.6 is 34.8 Å². The van der Waals surface area contributed by atoms with Crippen LogP contribution in [0.25, 0.3) is 21.8 Å². The molecule has 0 saturated carbocycles. The van der Waals surface area contributed by atoms with E-state index in [1.54, 1.807) is 0 Å². The normalized spacial score (nSPS) is 11.1. The lowest BCUT2D eigenvalue weighted by atomic mass is 10.0.